The number of carboxylic acids is 1. The fraction of sp³-hybridized carbons (Fsp3) is 0.868. The first-order valence-corrected chi connectivity index (χ1v) is 18.2. The minimum atomic E-state index is -1.03. The highest BCUT2D eigenvalue weighted by Crippen LogP contribution is 2.74. The number of hydrogen-bond donors (Lipinski definition) is 3. The maximum Gasteiger partial charge on any atom is 0.331 e. The van der Waals surface area contributed by atoms with E-state index in [-0.39, 0.29) is 35.1 Å². The number of aliphatic hydroxyl groups excluding tert-OH is 2. The molecule has 0 spiro atoms. The van der Waals surface area contributed by atoms with Crippen LogP contribution in [0.15, 0.2) is 11.1 Å². The van der Waals surface area contributed by atoms with E-state index in [0.29, 0.717) is 42.7 Å². The molecule has 0 aromatic carbocycles. The fourth-order valence-corrected chi connectivity index (χ4v) is 11.0. The largest absolute Gasteiger partial charge is 0.478 e. The first-order valence-electron chi connectivity index (χ1n) is 18.2. The Kier molecular flexibility index (Phi) is 11.5. The molecule has 0 amide bonds. The van der Waals surface area contributed by atoms with Gasteiger partial charge in [0.05, 0.1) is 12.2 Å². The standard InChI is InChI=1S/C38H62O8/c1-9-10-11-12-16-30(41)46-33-32-23(4)27(40)19-20-36(32,6)29-18-17-26-31(25(35(43)44)15-13-14-22(2)3)28(45-24(5)39)21-37(26,7)38(29,8)34(33)42/h22-23,26-29,32-34,40,42H,9-21H2,1-8H3,(H,43,44)/b31-25-. The molecule has 8 nitrogen and oxygen atoms in total. The van der Waals surface area contributed by atoms with Crippen LogP contribution in [0.25, 0.3) is 0 Å². The van der Waals surface area contributed by atoms with Gasteiger partial charge in [-0.15, -0.1) is 0 Å². The van der Waals surface area contributed by atoms with Crippen LogP contribution in [0.3, 0.4) is 0 Å². The van der Waals surface area contributed by atoms with Gasteiger partial charge in [-0.2, -0.15) is 0 Å². The average Bonchev–Trinajstić information content (AvgIpc) is 3.25. The molecular weight excluding hydrogens is 584 g/mol. The van der Waals surface area contributed by atoms with Gasteiger partial charge in [-0.05, 0) is 91.4 Å². The lowest BCUT2D eigenvalue weighted by molar-refractivity contribution is -0.288. The highest BCUT2D eigenvalue weighted by molar-refractivity contribution is 5.88. The highest BCUT2D eigenvalue weighted by Gasteiger charge is 2.74. The third kappa shape index (κ3) is 6.43. The van der Waals surface area contributed by atoms with Gasteiger partial charge >= 0.3 is 17.9 Å². The lowest BCUT2D eigenvalue weighted by atomic mass is 9.35. The van der Waals surface area contributed by atoms with E-state index in [4.69, 9.17) is 9.47 Å². The van der Waals surface area contributed by atoms with Crippen molar-refractivity contribution < 1.29 is 39.2 Å². The van der Waals surface area contributed by atoms with Gasteiger partial charge in [-0.25, -0.2) is 4.79 Å². The van der Waals surface area contributed by atoms with Crippen molar-refractivity contribution in [2.75, 3.05) is 0 Å². The predicted octanol–water partition coefficient (Wildman–Crippen LogP) is 7.24. The maximum absolute atomic E-state index is 13.4. The lowest BCUT2D eigenvalue weighted by Gasteiger charge is -2.70. The van der Waals surface area contributed by atoms with Crippen LogP contribution >= 0.6 is 0 Å². The van der Waals surface area contributed by atoms with Gasteiger partial charge in [-0.3, -0.25) is 9.59 Å². The van der Waals surface area contributed by atoms with E-state index in [1.807, 2.05) is 6.92 Å². The Morgan fingerprint density at radius 3 is 2.26 bits per heavy atom. The molecule has 0 aliphatic heterocycles. The molecule has 0 bridgehead atoms. The molecular formula is C38H62O8. The number of rotatable bonds is 12. The number of aliphatic carboxylic acids is 1. The Balaban J connectivity index is 1.81. The van der Waals surface area contributed by atoms with Gasteiger partial charge in [0.25, 0.3) is 0 Å². The molecule has 4 aliphatic rings. The number of fused-ring (bicyclic) bond motifs is 5. The molecule has 4 aliphatic carbocycles. The second-order valence-electron chi connectivity index (χ2n) is 16.4. The second-order valence-corrected chi connectivity index (χ2v) is 16.4. The molecule has 11 atom stereocenters. The number of carbonyl (C=O) groups is 3. The Hall–Kier alpha value is -1.93. The van der Waals surface area contributed by atoms with E-state index in [2.05, 4.69) is 41.5 Å². The molecule has 4 fully saturated rings. The summed E-state index contributed by atoms with van der Waals surface area (Å²) in [5.41, 5.74) is -0.642. The van der Waals surface area contributed by atoms with Crippen LogP contribution in [0.4, 0.5) is 0 Å². The van der Waals surface area contributed by atoms with Gasteiger partial charge in [-0.1, -0.05) is 74.1 Å². The van der Waals surface area contributed by atoms with Gasteiger partial charge in [0, 0.05) is 30.3 Å². The van der Waals surface area contributed by atoms with E-state index < -0.39 is 47.2 Å². The number of carboxylic acid groups (broad SMARTS) is 1. The van der Waals surface area contributed by atoms with Crippen molar-refractivity contribution in [2.45, 2.75) is 163 Å². The molecule has 4 rings (SSSR count). The molecule has 0 aromatic rings. The summed E-state index contributed by atoms with van der Waals surface area (Å²) >= 11 is 0. The first-order chi connectivity index (χ1) is 21.5. The quantitative estimate of drug-likeness (QED) is 0.115. The predicted molar refractivity (Wildman–Crippen MR) is 177 cm³/mol. The zero-order valence-electron chi connectivity index (χ0n) is 29.8. The van der Waals surface area contributed by atoms with Crippen molar-refractivity contribution in [1.29, 1.82) is 0 Å². The number of aliphatic hydroxyl groups is 2. The lowest BCUT2D eigenvalue weighted by Crippen LogP contribution is -2.72. The Morgan fingerprint density at radius 2 is 1.65 bits per heavy atom. The zero-order chi connectivity index (χ0) is 34.2. The van der Waals surface area contributed by atoms with E-state index in [1.165, 1.54) is 6.92 Å². The minimum Gasteiger partial charge on any atom is -0.478 e. The molecule has 0 aromatic heterocycles. The average molecular weight is 647 g/mol. The van der Waals surface area contributed by atoms with E-state index in [0.717, 1.165) is 57.8 Å². The number of esters is 2. The van der Waals surface area contributed by atoms with E-state index in [1.54, 1.807) is 0 Å². The van der Waals surface area contributed by atoms with Gasteiger partial charge < -0.3 is 24.8 Å². The molecule has 11 unspecified atom stereocenters. The number of hydrogen-bond acceptors (Lipinski definition) is 7. The topological polar surface area (TPSA) is 130 Å². The van der Waals surface area contributed by atoms with Gasteiger partial charge in [0.15, 0.2) is 0 Å². The molecule has 46 heavy (non-hydrogen) atoms. The monoisotopic (exact) mass is 646 g/mol. The molecule has 8 heteroatoms. The van der Waals surface area contributed by atoms with Crippen LogP contribution in [-0.2, 0) is 23.9 Å². The van der Waals surface area contributed by atoms with Crippen LogP contribution in [0.1, 0.15) is 139 Å². The summed E-state index contributed by atoms with van der Waals surface area (Å²) in [5.74, 6) is -1.80. The Labute approximate surface area is 277 Å². The Morgan fingerprint density at radius 1 is 0.957 bits per heavy atom. The van der Waals surface area contributed by atoms with Crippen molar-refractivity contribution in [3.63, 3.8) is 0 Å². The summed E-state index contributed by atoms with van der Waals surface area (Å²) < 4.78 is 12.3. The van der Waals surface area contributed by atoms with Crippen molar-refractivity contribution in [3.8, 4) is 0 Å². The van der Waals surface area contributed by atoms with Crippen LogP contribution in [0.5, 0.6) is 0 Å². The van der Waals surface area contributed by atoms with Crippen molar-refractivity contribution in [1.82, 2.24) is 0 Å². The number of unbranched alkanes of at least 4 members (excludes halogenated alkanes) is 3. The minimum absolute atomic E-state index is 0.0438. The first kappa shape index (κ1) is 36.9. The SMILES string of the molecule is CCCCCCC(=O)OC1C2C(C)C(O)CCC2(C)C2CCC3/C(=C(\CCCC(C)C)C(=O)O)C(OC(C)=O)CC3(C)C2(C)C1O. The van der Waals surface area contributed by atoms with E-state index >= 15 is 0 Å². The number of ether oxygens (including phenoxy) is 2. The van der Waals surface area contributed by atoms with Crippen LogP contribution in [0, 0.1) is 45.8 Å². The van der Waals surface area contributed by atoms with Gasteiger partial charge in [0.1, 0.15) is 12.2 Å². The van der Waals surface area contributed by atoms with Crippen molar-refractivity contribution >= 4 is 17.9 Å². The van der Waals surface area contributed by atoms with E-state index in [9.17, 15) is 29.7 Å². The van der Waals surface area contributed by atoms with Crippen molar-refractivity contribution in [2.24, 2.45) is 45.8 Å². The fourth-order valence-electron chi connectivity index (χ4n) is 11.0. The van der Waals surface area contributed by atoms with Gasteiger partial charge in [0.2, 0.25) is 0 Å². The molecule has 4 saturated carbocycles. The van der Waals surface area contributed by atoms with Crippen LogP contribution in [-0.4, -0.2) is 57.6 Å². The summed E-state index contributed by atoms with van der Waals surface area (Å²) in [6.07, 6.45) is 6.43. The maximum atomic E-state index is 13.4. The third-order valence-electron chi connectivity index (χ3n) is 13.4. The molecule has 262 valence electrons. The third-order valence-corrected chi connectivity index (χ3v) is 13.4. The molecule has 0 heterocycles. The van der Waals surface area contributed by atoms with Crippen LogP contribution < -0.4 is 0 Å². The normalized spacial score (nSPS) is 41.3. The smallest absolute Gasteiger partial charge is 0.331 e. The summed E-state index contributed by atoms with van der Waals surface area (Å²) in [6.45, 7) is 16.3. The number of carbonyl (C=O) groups excluding carboxylic acids is 2. The second kappa shape index (κ2) is 14.3. The zero-order valence-corrected chi connectivity index (χ0v) is 29.8. The molecule has 0 radical (unpaired) electrons. The van der Waals surface area contributed by atoms with Crippen molar-refractivity contribution in [3.05, 3.63) is 11.1 Å². The van der Waals surface area contributed by atoms with Crippen LogP contribution in [0.2, 0.25) is 0 Å². The Bertz CT molecular complexity index is 1160. The summed E-state index contributed by atoms with van der Waals surface area (Å²) in [6, 6.07) is 0. The summed E-state index contributed by atoms with van der Waals surface area (Å²) in [5, 5.41) is 34.3. The molecule has 0 saturated heterocycles. The summed E-state index contributed by atoms with van der Waals surface area (Å²) in [4.78, 5) is 38.7. The summed E-state index contributed by atoms with van der Waals surface area (Å²) in [7, 11) is 0. The highest BCUT2D eigenvalue weighted by atomic mass is 16.6. The molecule has 3 N–H and O–H groups in total.